The van der Waals surface area contributed by atoms with Gasteiger partial charge in [0.05, 0.1) is 0 Å². The average molecular weight is 788 g/mol. The van der Waals surface area contributed by atoms with Crippen LogP contribution in [0.15, 0.2) is 46.9 Å². The smallest absolute Gasteiger partial charge is 0.145 e. The van der Waals surface area contributed by atoms with Gasteiger partial charge in [-0.3, -0.25) is 0 Å². The number of furan rings is 1. The van der Waals surface area contributed by atoms with Crippen LogP contribution in [0, 0.1) is 0 Å². The largest absolute Gasteiger partial charge is 0.457 e. The van der Waals surface area contributed by atoms with E-state index in [-0.39, 0.29) is 5.41 Å². The van der Waals surface area contributed by atoms with Gasteiger partial charge in [-0.1, -0.05) is 111 Å². The second-order valence-corrected chi connectivity index (χ2v) is 20.4. The van der Waals surface area contributed by atoms with Crippen LogP contribution in [0.5, 0.6) is 0 Å². The first-order valence-corrected chi connectivity index (χ1v) is 23.2. The lowest BCUT2D eigenvalue weighted by Gasteiger charge is -2.30. The molecule has 0 spiro atoms. The highest BCUT2D eigenvalue weighted by atomic mass is 16.3. The first-order chi connectivity index (χ1) is 29.7. The Hall–Kier alpha value is -4.56. The molecule has 0 amide bonds. The zero-order valence-corrected chi connectivity index (χ0v) is 41.4. The second kappa shape index (κ2) is 14.0. The molecule has 0 saturated carbocycles. The van der Waals surface area contributed by atoms with Crippen molar-refractivity contribution in [2.75, 3.05) is 0 Å². The van der Waals surface area contributed by atoms with Crippen molar-refractivity contribution in [3.8, 4) is 33.4 Å². The maximum absolute atomic E-state index is 7.22. The molecule has 0 N–H and O–H groups in total. The van der Waals surface area contributed by atoms with Gasteiger partial charge in [-0.2, -0.15) is 0 Å². The Labute approximate surface area is 388 Å². The van der Waals surface area contributed by atoms with Gasteiger partial charge in [0.15, 0.2) is 0 Å². The predicted octanol–water partition coefficient (Wildman–Crippen LogP) is -16.9. The van der Waals surface area contributed by atoms with Crippen molar-refractivity contribution < 1.29 is 4.42 Å². The van der Waals surface area contributed by atoms with E-state index in [4.69, 9.17) is 4.42 Å². The van der Waals surface area contributed by atoms with Gasteiger partial charge < -0.3 is 4.42 Å². The van der Waals surface area contributed by atoms with Crippen LogP contribution in [0.1, 0.15) is 25.0 Å². The Bertz CT molecular complexity index is 3600. The molecule has 0 radical (unpaired) electrons. The zero-order valence-electron chi connectivity index (χ0n) is 41.4. The lowest BCUT2D eigenvalue weighted by molar-refractivity contribution is 0.660. The van der Waals surface area contributed by atoms with E-state index >= 15 is 0 Å². The van der Waals surface area contributed by atoms with Gasteiger partial charge in [0, 0.05) is 16.2 Å². The lowest BCUT2D eigenvalue weighted by atomic mass is 9.58. The van der Waals surface area contributed by atoms with Crippen molar-refractivity contribution >= 4 is 281 Å². The van der Waals surface area contributed by atoms with E-state index in [1.807, 2.05) is 0 Å². The van der Waals surface area contributed by atoms with Gasteiger partial charge in [0.25, 0.3) is 0 Å². The Morgan fingerprint density at radius 2 is 0.683 bits per heavy atom. The highest BCUT2D eigenvalue weighted by Crippen LogP contribution is 2.53. The molecule has 1 aliphatic rings. The monoisotopic (exact) mass is 791 g/mol. The summed E-state index contributed by atoms with van der Waals surface area (Å²) in [5, 5.41) is 10.8. The molecule has 8 aromatic carbocycles. The van der Waals surface area contributed by atoms with Crippen LogP contribution in [-0.4, -0.2) is 133 Å². The summed E-state index contributed by atoms with van der Waals surface area (Å²) in [6, 6.07) is 16.3. The summed E-state index contributed by atoms with van der Waals surface area (Å²) in [6.07, 6.45) is 0. The third kappa shape index (κ3) is 5.19. The number of rotatable bonds is 2. The maximum Gasteiger partial charge on any atom is 0.145 e. The highest BCUT2D eigenvalue weighted by molar-refractivity contribution is 6.74. The molecular weight excluding hydrogens is 740 g/mol. The lowest BCUT2D eigenvalue weighted by Crippen LogP contribution is -2.50. The van der Waals surface area contributed by atoms with Crippen LogP contribution in [-0.2, 0) is 5.41 Å². The Morgan fingerprint density at radius 3 is 1.21 bits per heavy atom. The third-order valence-electron chi connectivity index (χ3n) is 17.6. The fourth-order valence-corrected chi connectivity index (χ4v) is 12.9. The van der Waals surface area contributed by atoms with Crippen LogP contribution >= 0.6 is 0 Å². The van der Waals surface area contributed by atoms with E-state index in [1.54, 1.807) is 0 Å². The number of hydrogen-bond acceptors (Lipinski definition) is 1. The summed E-state index contributed by atoms with van der Waals surface area (Å²) in [5.41, 5.74) is 36.0. The zero-order chi connectivity index (χ0) is 45.4. The van der Waals surface area contributed by atoms with E-state index in [0.29, 0.717) is 0 Å². The minimum Gasteiger partial charge on any atom is -0.457 e. The van der Waals surface area contributed by atoms with Gasteiger partial charge in [-0.05, 0) is 82.3 Å². The molecule has 1 aliphatic carbocycles. The molecule has 63 heavy (non-hydrogen) atoms. The normalized spacial score (nSPS) is 13.2. The first-order valence-electron chi connectivity index (χ1n) is 23.2. The molecule has 1 nitrogen and oxygen atoms in total. The quantitative estimate of drug-likeness (QED) is 0.126. The first kappa shape index (κ1) is 42.4. The number of fused-ring (bicyclic) bond motifs is 9. The molecular formula is C45H47B17O. The average Bonchev–Trinajstić information content (AvgIpc) is 3.79. The summed E-state index contributed by atoms with van der Waals surface area (Å²) in [4.78, 5) is 0. The molecule has 0 saturated heterocycles. The molecule has 18 heteroatoms. The Balaban J connectivity index is 1.49. The van der Waals surface area contributed by atoms with Gasteiger partial charge in [-0.15, -0.1) is 32.8 Å². The van der Waals surface area contributed by atoms with Crippen LogP contribution < -0.4 is 92.9 Å². The van der Waals surface area contributed by atoms with Crippen LogP contribution in [0.3, 0.4) is 0 Å². The van der Waals surface area contributed by atoms with E-state index in [2.05, 4.69) is 190 Å². The maximum atomic E-state index is 7.22. The molecule has 10 rings (SSSR count). The van der Waals surface area contributed by atoms with Crippen molar-refractivity contribution in [2.45, 2.75) is 19.3 Å². The summed E-state index contributed by atoms with van der Waals surface area (Å²) in [5.74, 6) is 0. The summed E-state index contributed by atoms with van der Waals surface area (Å²) in [6.45, 7) is 4.82. The molecule has 1 aromatic heterocycles. The van der Waals surface area contributed by atoms with E-state index in [1.165, 1.54) is 180 Å². The van der Waals surface area contributed by atoms with Crippen molar-refractivity contribution in [2.24, 2.45) is 0 Å². The summed E-state index contributed by atoms with van der Waals surface area (Å²) >= 11 is 0. The van der Waals surface area contributed by atoms with Crippen LogP contribution in [0.25, 0.3) is 87.6 Å². The molecule has 9 aromatic rings. The number of benzene rings is 8. The Morgan fingerprint density at radius 1 is 0.286 bits per heavy atom. The Kier molecular flexibility index (Phi) is 9.40. The topological polar surface area (TPSA) is 13.1 Å². The second-order valence-electron chi connectivity index (χ2n) is 20.4. The molecule has 0 fully saturated rings. The molecule has 284 valence electrons. The van der Waals surface area contributed by atoms with Crippen molar-refractivity contribution in [1.29, 1.82) is 0 Å². The summed E-state index contributed by atoms with van der Waals surface area (Å²) < 4.78 is 7.22. The van der Waals surface area contributed by atoms with E-state index < -0.39 is 0 Å². The summed E-state index contributed by atoms with van der Waals surface area (Å²) in [7, 11) is 39.9. The van der Waals surface area contributed by atoms with Crippen molar-refractivity contribution in [1.82, 2.24) is 0 Å². The highest BCUT2D eigenvalue weighted by Gasteiger charge is 2.38. The minimum atomic E-state index is -0.104. The molecule has 0 unspecified atom stereocenters. The standard InChI is InChI=1S/C45H47B17O/c1-45(2)12-8-4-3-6-10(12)14-11(7-5-9-13(14)45)15-17-19(30(50)38(58)36(56)28(17)48)16(20-18(15)29(49)37(57)39(59)31(20)51)21-26(46)25-24-27(47)22-23(33(53)41(61)40(60)32(22)52)35(55)43(24)63-44(25)42(62)34(21)54/h3-9H,46-62H2,1-2H3. The predicted molar refractivity (Wildman–Crippen MR) is 334 cm³/mol. The number of hydrogen-bond donors (Lipinski definition) is 0. The van der Waals surface area contributed by atoms with E-state index in [9.17, 15) is 0 Å². The fraction of sp³-hybridized carbons (Fsp3) is 0.0667. The molecule has 0 aliphatic heterocycles. The third-order valence-corrected chi connectivity index (χ3v) is 17.6. The van der Waals surface area contributed by atoms with Gasteiger partial charge in [-0.25, -0.2) is 0 Å². The van der Waals surface area contributed by atoms with E-state index in [0.717, 1.165) is 11.2 Å². The van der Waals surface area contributed by atoms with Crippen molar-refractivity contribution in [3.63, 3.8) is 0 Å². The van der Waals surface area contributed by atoms with Gasteiger partial charge in [0.2, 0.25) is 0 Å². The van der Waals surface area contributed by atoms with Crippen molar-refractivity contribution in [3.05, 3.63) is 53.6 Å². The molecule has 0 bridgehead atoms. The fourth-order valence-electron chi connectivity index (χ4n) is 12.9. The van der Waals surface area contributed by atoms with Gasteiger partial charge >= 0.3 is 0 Å². The minimum absolute atomic E-state index is 0.104. The van der Waals surface area contributed by atoms with Gasteiger partial charge in [0.1, 0.15) is 145 Å². The van der Waals surface area contributed by atoms with Crippen LogP contribution in [0.2, 0.25) is 0 Å². The molecule has 0 atom stereocenters. The van der Waals surface area contributed by atoms with Crippen LogP contribution in [0.4, 0.5) is 0 Å². The molecule has 1 heterocycles. The SMILES string of the molecule is Bc1c(-c2c3c(B)c(B)c(B)c(B)c3c(-c3cccc4c3-c3ccccc3C4(C)C)c3c(B)c(B)c(B)c(B)c23)c(B)c2c(oc3c(B)c4c(B)c(B)c(B)c(B)c4c(B)c32)c1B.